The number of methoxy groups -OCH3 is 1. The zero-order valence-corrected chi connectivity index (χ0v) is 10.6. The molecule has 2 heteroatoms. The Labute approximate surface area is 94.8 Å². The molecule has 90 valence electrons. The van der Waals surface area contributed by atoms with Gasteiger partial charge in [0.2, 0.25) is 0 Å². The van der Waals surface area contributed by atoms with Crippen LogP contribution < -0.4 is 5.32 Å². The Morgan fingerprint density at radius 1 is 1.20 bits per heavy atom. The second-order valence-electron chi connectivity index (χ2n) is 4.75. The van der Waals surface area contributed by atoms with E-state index in [2.05, 4.69) is 19.2 Å². The predicted molar refractivity (Wildman–Crippen MR) is 65.2 cm³/mol. The van der Waals surface area contributed by atoms with Crippen LogP contribution in [0.25, 0.3) is 0 Å². The Balaban J connectivity index is 2.35. The average molecular weight is 213 g/mol. The summed E-state index contributed by atoms with van der Waals surface area (Å²) in [4.78, 5) is 0. The maximum Gasteiger partial charge on any atom is 0.0724 e. The standard InChI is InChI=1S/C13H27NO/c1-4-7-11(8-5-2)14-12-9-6-10-13(12)15-3/h11-14H,4-10H2,1-3H3. The molecule has 0 bridgehead atoms. The molecule has 0 heterocycles. The van der Waals surface area contributed by atoms with Crippen molar-refractivity contribution in [3.05, 3.63) is 0 Å². The largest absolute Gasteiger partial charge is 0.380 e. The Morgan fingerprint density at radius 3 is 2.40 bits per heavy atom. The van der Waals surface area contributed by atoms with Crippen LogP contribution in [-0.2, 0) is 4.74 Å². The molecular formula is C13H27NO. The number of rotatable bonds is 7. The molecule has 2 atom stereocenters. The molecule has 1 aliphatic rings. The number of nitrogens with one attached hydrogen (secondary N) is 1. The van der Waals surface area contributed by atoms with Crippen LogP contribution in [0.2, 0.25) is 0 Å². The summed E-state index contributed by atoms with van der Waals surface area (Å²) in [5.74, 6) is 0. The molecule has 1 fully saturated rings. The molecule has 0 radical (unpaired) electrons. The summed E-state index contributed by atoms with van der Waals surface area (Å²) in [6.45, 7) is 4.54. The summed E-state index contributed by atoms with van der Waals surface area (Å²) in [6.07, 6.45) is 9.48. The summed E-state index contributed by atoms with van der Waals surface area (Å²) in [6, 6.07) is 1.32. The highest BCUT2D eigenvalue weighted by molar-refractivity contribution is 4.86. The third kappa shape index (κ3) is 4.12. The van der Waals surface area contributed by atoms with Gasteiger partial charge in [0.25, 0.3) is 0 Å². The molecule has 1 N–H and O–H groups in total. The maximum absolute atomic E-state index is 5.52. The van der Waals surface area contributed by atoms with Crippen LogP contribution in [0.15, 0.2) is 0 Å². The lowest BCUT2D eigenvalue weighted by molar-refractivity contribution is 0.0802. The molecule has 0 aliphatic heterocycles. The van der Waals surface area contributed by atoms with Crippen LogP contribution in [-0.4, -0.2) is 25.3 Å². The first-order valence-electron chi connectivity index (χ1n) is 6.60. The molecule has 0 aromatic rings. The van der Waals surface area contributed by atoms with E-state index in [9.17, 15) is 0 Å². The van der Waals surface area contributed by atoms with Gasteiger partial charge in [-0.25, -0.2) is 0 Å². The van der Waals surface area contributed by atoms with E-state index in [-0.39, 0.29) is 0 Å². The Hall–Kier alpha value is -0.0800. The third-order valence-electron chi connectivity index (χ3n) is 3.48. The number of ether oxygens (including phenoxy) is 1. The van der Waals surface area contributed by atoms with Crippen LogP contribution in [0.3, 0.4) is 0 Å². The average Bonchev–Trinajstić information content (AvgIpc) is 2.66. The zero-order chi connectivity index (χ0) is 11.1. The van der Waals surface area contributed by atoms with E-state index in [1.165, 1.54) is 44.9 Å². The van der Waals surface area contributed by atoms with Gasteiger partial charge in [0.05, 0.1) is 6.10 Å². The molecule has 0 aromatic carbocycles. The van der Waals surface area contributed by atoms with E-state index in [1.54, 1.807) is 0 Å². The smallest absolute Gasteiger partial charge is 0.0724 e. The molecule has 15 heavy (non-hydrogen) atoms. The van der Waals surface area contributed by atoms with Crippen molar-refractivity contribution < 1.29 is 4.74 Å². The lowest BCUT2D eigenvalue weighted by atomic mass is 10.0. The van der Waals surface area contributed by atoms with Crippen molar-refractivity contribution in [1.29, 1.82) is 0 Å². The minimum absolute atomic E-state index is 0.459. The zero-order valence-electron chi connectivity index (χ0n) is 10.6. The quantitative estimate of drug-likeness (QED) is 0.701. The van der Waals surface area contributed by atoms with E-state index in [1.807, 2.05) is 7.11 Å². The lowest BCUT2D eigenvalue weighted by Gasteiger charge is -2.26. The van der Waals surface area contributed by atoms with Crippen molar-refractivity contribution in [2.75, 3.05) is 7.11 Å². The normalized spacial score (nSPS) is 26.4. The van der Waals surface area contributed by atoms with Gasteiger partial charge in [0.1, 0.15) is 0 Å². The third-order valence-corrected chi connectivity index (χ3v) is 3.48. The summed E-state index contributed by atoms with van der Waals surface area (Å²) in [5, 5.41) is 3.79. The molecule has 0 aromatic heterocycles. The summed E-state index contributed by atoms with van der Waals surface area (Å²) in [5.41, 5.74) is 0. The highest BCUT2D eigenvalue weighted by Gasteiger charge is 2.28. The van der Waals surface area contributed by atoms with Crippen molar-refractivity contribution in [3.63, 3.8) is 0 Å². The number of hydrogen-bond donors (Lipinski definition) is 1. The summed E-state index contributed by atoms with van der Waals surface area (Å²) < 4.78 is 5.52. The van der Waals surface area contributed by atoms with Crippen LogP contribution in [0.1, 0.15) is 58.8 Å². The molecule has 1 rings (SSSR count). The van der Waals surface area contributed by atoms with Crippen LogP contribution in [0.5, 0.6) is 0 Å². The predicted octanol–water partition coefficient (Wildman–Crippen LogP) is 3.11. The van der Waals surface area contributed by atoms with Crippen molar-refractivity contribution in [3.8, 4) is 0 Å². The van der Waals surface area contributed by atoms with E-state index < -0.39 is 0 Å². The molecule has 1 saturated carbocycles. The fourth-order valence-electron chi connectivity index (χ4n) is 2.71. The van der Waals surface area contributed by atoms with Crippen LogP contribution >= 0.6 is 0 Å². The molecule has 0 saturated heterocycles. The van der Waals surface area contributed by atoms with Gasteiger partial charge < -0.3 is 10.1 Å². The summed E-state index contributed by atoms with van der Waals surface area (Å²) >= 11 is 0. The molecule has 0 spiro atoms. The first-order valence-corrected chi connectivity index (χ1v) is 6.60. The Bertz CT molecular complexity index is 155. The van der Waals surface area contributed by atoms with Gasteiger partial charge >= 0.3 is 0 Å². The van der Waals surface area contributed by atoms with Gasteiger partial charge in [-0.15, -0.1) is 0 Å². The van der Waals surface area contributed by atoms with Gasteiger partial charge in [0, 0.05) is 19.2 Å². The second-order valence-corrected chi connectivity index (χ2v) is 4.75. The fourth-order valence-corrected chi connectivity index (χ4v) is 2.71. The van der Waals surface area contributed by atoms with Gasteiger partial charge in [-0.1, -0.05) is 26.7 Å². The molecule has 1 aliphatic carbocycles. The lowest BCUT2D eigenvalue weighted by Crippen LogP contribution is -2.43. The van der Waals surface area contributed by atoms with Crippen molar-refractivity contribution >= 4 is 0 Å². The molecule has 2 unspecified atom stereocenters. The van der Waals surface area contributed by atoms with E-state index in [4.69, 9.17) is 4.74 Å². The molecular weight excluding hydrogens is 186 g/mol. The first-order chi connectivity index (χ1) is 7.31. The van der Waals surface area contributed by atoms with Gasteiger partial charge in [-0.05, 0) is 32.1 Å². The van der Waals surface area contributed by atoms with E-state index in [0.29, 0.717) is 18.2 Å². The Morgan fingerprint density at radius 2 is 1.87 bits per heavy atom. The monoisotopic (exact) mass is 213 g/mol. The highest BCUT2D eigenvalue weighted by atomic mass is 16.5. The van der Waals surface area contributed by atoms with Crippen molar-refractivity contribution in [2.45, 2.75) is 77.0 Å². The fraction of sp³-hybridized carbons (Fsp3) is 1.00. The maximum atomic E-state index is 5.52. The topological polar surface area (TPSA) is 21.3 Å². The van der Waals surface area contributed by atoms with E-state index >= 15 is 0 Å². The Kier molecular flexibility index (Phi) is 6.26. The SMILES string of the molecule is CCCC(CCC)NC1CCCC1OC. The molecule has 0 amide bonds. The molecule has 2 nitrogen and oxygen atoms in total. The van der Waals surface area contributed by atoms with Gasteiger partial charge in [-0.3, -0.25) is 0 Å². The minimum atomic E-state index is 0.459. The van der Waals surface area contributed by atoms with Crippen molar-refractivity contribution in [2.24, 2.45) is 0 Å². The minimum Gasteiger partial charge on any atom is -0.380 e. The van der Waals surface area contributed by atoms with Gasteiger partial charge in [0.15, 0.2) is 0 Å². The van der Waals surface area contributed by atoms with E-state index in [0.717, 1.165) is 0 Å². The highest BCUT2D eigenvalue weighted by Crippen LogP contribution is 2.23. The summed E-state index contributed by atoms with van der Waals surface area (Å²) in [7, 11) is 1.85. The van der Waals surface area contributed by atoms with Crippen LogP contribution in [0.4, 0.5) is 0 Å². The number of hydrogen-bond acceptors (Lipinski definition) is 2. The van der Waals surface area contributed by atoms with Crippen LogP contribution in [0, 0.1) is 0 Å². The second kappa shape index (κ2) is 7.24. The first kappa shape index (κ1) is 13.0. The van der Waals surface area contributed by atoms with Crippen molar-refractivity contribution in [1.82, 2.24) is 5.32 Å². The van der Waals surface area contributed by atoms with Gasteiger partial charge in [-0.2, -0.15) is 0 Å².